The fourth-order valence-electron chi connectivity index (χ4n) is 2.83. The van der Waals surface area contributed by atoms with Gasteiger partial charge >= 0.3 is 0 Å². The molecule has 0 unspecified atom stereocenters. The molecule has 0 bridgehead atoms. The van der Waals surface area contributed by atoms with Crippen LogP contribution in [0.25, 0.3) is 0 Å². The zero-order valence-electron chi connectivity index (χ0n) is 14.9. The van der Waals surface area contributed by atoms with E-state index in [1.807, 2.05) is 26.0 Å². The van der Waals surface area contributed by atoms with E-state index < -0.39 is 0 Å². The Morgan fingerprint density at radius 1 is 1.00 bits per heavy atom. The maximum absolute atomic E-state index is 12.7. The van der Waals surface area contributed by atoms with Crippen molar-refractivity contribution in [3.63, 3.8) is 0 Å². The van der Waals surface area contributed by atoms with Gasteiger partial charge in [-0.3, -0.25) is 4.79 Å². The molecule has 0 fully saturated rings. The van der Waals surface area contributed by atoms with Crippen LogP contribution in [0.5, 0.6) is 0 Å². The molecular weight excluding hydrogens is 284 g/mol. The van der Waals surface area contributed by atoms with E-state index in [-0.39, 0.29) is 5.91 Å². The Morgan fingerprint density at radius 2 is 1.57 bits per heavy atom. The van der Waals surface area contributed by atoms with Crippen molar-refractivity contribution >= 4 is 11.6 Å². The zero-order chi connectivity index (χ0) is 17.1. The molecule has 2 rings (SSSR count). The summed E-state index contributed by atoms with van der Waals surface area (Å²) in [6, 6.07) is 10.0. The number of hydrogen-bond acceptors (Lipinski definition) is 2. The molecule has 0 spiro atoms. The Labute approximate surface area is 139 Å². The summed E-state index contributed by atoms with van der Waals surface area (Å²) in [4.78, 5) is 17.1. The van der Waals surface area contributed by atoms with E-state index in [9.17, 15) is 4.79 Å². The number of nitrogens with one attached hydrogen (secondary N) is 1. The van der Waals surface area contributed by atoms with Gasteiger partial charge in [-0.25, -0.2) is 4.98 Å². The molecule has 0 aliphatic heterocycles. The zero-order valence-corrected chi connectivity index (χ0v) is 14.9. The lowest BCUT2D eigenvalue weighted by Crippen LogP contribution is -2.17. The van der Waals surface area contributed by atoms with Crippen molar-refractivity contribution < 1.29 is 4.79 Å². The van der Waals surface area contributed by atoms with Crippen LogP contribution in [0.15, 0.2) is 30.3 Å². The van der Waals surface area contributed by atoms with Gasteiger partial charge in [-0.2, -0.15) is 0 Å². The van der Waals surface area contributed by atoms with Gasteiger partial charge in [-0.15, -0.1) is 0 Å². The highest BCUT2D eigenvalue weighted by atomic mass is 16.1. The van der Waals surface area contributed by atoms with Crippen molar-refractivity contribution in [3.8, 4) is 0 Å². The highest BCUT2D eigenvalue weighted by Gasteiger charge is 2.17. The number of nitrogens with zero attached hydrogens (tertiary/aromatic N) is 1. The summed E-state index contributed by atoms with van der Waals surface area (Å²) in [6.07, 6.45) is 0. The van der Waals surface area contributed by atoms with Crippen LogP contribution in [-0.2, 0) is 0 Å². The number of aromatic nitrogens is 1. The SMILES string of the molecule is Cc1cc(C)nc(C(=O)Nc2c(C(C)C)cccc2C(C)C)c1. The van der Waals surface area contributed by atoms with Gasteiger partial charge in [-0.05, 0) is 54.5 Å². The van der Waals surface area contributed by atoms with Gasteiger partial charge in [0.05, 0.1) is 0 Å². The molecule has 1 heterocycles. The fourth-order valence-corrected chi connectivity index (χ4v) is 2.83. The average Bonchev–Trinajstić information content (AvgIpc) is 2.45. The third kappa shape index (κ3) is 3.98. The molecule has 23 heavy (non-hydrogen) atoms. The van der Waals surface area contributed by atoms with Gasteiger partial charge < -0.3 is 5.32 Å². The highest BCUT2D eigenvalue weighted by Crippen LogP contribution is 2.32. The number of carbonyl (C=O) groups is 1. The number of anilines is 1. The number of pyridine rings is 1. The Balaban J connectivity index is 2.44. The Kier molecular flexibility index (Phi) is 5.19. The molecule has 1 aromatic carbocycles. The molecule has 2 aromatic rings. The monoisotopic (exact) mass is 310 g/mol. The molecule has 3 nitrogen and oxygen atoms in total. The number of rotatable bonds is 4. The summed E-state index contributed by atoms with van der Waals surface area (Å²) in [7, 11) is 0. The molecule has 0 atom stereocenters. The normalized spacial score (nSPS) is 11.1. The van der Waals surface area contributed by atoms with Crippen LogP contribution < -0.4 is 5.32 Å². The summed E-state index contributed by atoms with van der Waals surface area (Å²) in [5.74, 6) is 0.541. The molecular formula is C20H26N2O. The Morgan fingerprint density at radius 3 is 2.04 bits per heavy atom. The largest absolute Gasteiger partial charge is 0.320 e. The Hall–Kier alpha value is -2.16. The Bertz CT molecular complexity index is 671. The van der Waals surface area contributed by atoms with Crippen LogP contribution in [0.3, 0.4) is 0 Å². The van der Waals surface area contributed by atoms with Crippen LogP contribution in [0, 0.1) is 13.8 Å². The summed E-state index contributed by atoms with van der Waals surface area (Å²) < 4.78 is 0. The third-order valence-electron chi connectivity index (χ3n) is 3.94. The number of aryl methyl sites for hydroxylation is 2. The van der Waals surface area contributed by atoms with E-state index in [1.165, 1.54) is 0 Å². The van der Waals surface area contributed by atoms with Gasteiger partial charge in [-0.1, -0.05) is 45.9 Å². The first-order valence-electron chi connectivity index (χ1n) is 8.19. The van der Waals surface area contributed by atoms with E-state index in [2.05, 4.69) is 56.2 Å². The van der Waals surface area contributed by atoms with E-state index >= 15 is 0 Å². The number of amides is 1. The second kappa shape index (κ2) is 6.95. The first-order chi connectivity index (χ1) is 10.8. The van der Waals surface area contributed by atoms with Crippen LogP contribution in [0.4, 0.5) is 5.69 Å². The van der Waals surface area contributed by atoms with Crippen molar-refractivity contribution in [2.24, 2.45) is 0 Å². The topological polar surface area (TPSA) is 42.0 Å². The lowest BCUT2D eigenvalue weighted by atomic mass is 9.92. The van der Waals surface area contributed by atoms with Crippen LogP contribution in [0.2, 0.25) is 0 Å². The summed E-state index contributed by atoms with van der Waals surface area (Å²) in [6.45, 7) is 12.5. The lowest BCUT2D eigenvalue weighted by molar-refractivity contribution is 0.102. The highest BCUT2D eigenvalue weighted by molar-refractivity contribution is 6.04. The molecule has 0 aliphatic rings. The number of hydrogen-bond donors (Lipinski definition) is 1. The number of carbonyl (C=O) groups excluding carboxylic acids is 1. The van der Waals surface area contributed by atoms with E-state index in [0.717, 1.165) is 28.1 Å². The molecule has 0 saturated heterocycles. The molecule has 1 aromatic heterocycles. The summed E-state index contributed by atoms with van der Waals surface area (Å²) in [5.41, 5.74) is 5.63. The lowest BCUT2D eigenvalue weighted by Gasteiger charge is -2.20. The maximum atomic E-state index is 12.7. The van der Waals surface area contributed by atoms with Gasteiger partial charge in [0.15, 0.2) is 0 Å². The first-order valence-corrected chi connectivity index (χ1v) is 8.19. The molecule has 0 aliphatic carbocycles. The summed E-state index contributed by atoms with van der Waals surface area (Å²) in [5, 5.41) is 3.11. The number of benzene rings is 1. The van der Waals surface area contributed by atoms with Gasteiger partial charge in [0.1, 0.15) is 5.69 Å². The smallest absolute Gasteiger partial charge is 0.274 e. The molecule has 1 amide bonds. The molecule has 0 radical (unpaired) electrons. The van der Waals surface area contributed by atoms with Crippen molar-refractivity contribution in [2.75, 3.05) is 5.32 Å². The van der Waals surface area contributed by atoms with Gasteiger partial charge in [0, 0.05) is 11.4 Å². The van der Waals surface area contributed by atoms with E-state index in [1.54, 1.807) is 0 Å². The molecule has 3 heteroatoms. The number of para-hydroxylation sites is 1. The van der Waals surface area contributed by atoms with Crippen LogP contribution in [0.1, 0.15) is 72.4 Å². The minimum atomic E-state index is -0.146. The van der Waals surface area contributed by atoms with E-state index in [0.29, 0.717) is 17.5 Å². The molecule has 122 valence electrons. The minimum absolute atomic E-state index is 0.146. The second-order valence-corrected chi connectivity index (χ2v) is 6.75. The predicted molar refractivity (Wildman–Crippen MR) is 96.3 cm³/mol. The van der Waals surface area contributed by atoms with Crippen LogP contribution >= 0.6 is 0 Å². The van der Waals surface area contributed by atoms with Crippen molar-refractivity contribution in [3.05, 3.63) is 58.4 Å². The van der Waals surface area contributed by atoms with Crippen molar-refractivity contribution in [1.29, 1.82) is 0 Å². The quantitative estimate of drug-likeness (QED) is 0.843. The summed E-state index contributed by atoms with van der Waals surface area (Å²) >= 11 is 0. The second-order valence-electron chi connectivity index (χ2n) is 6.75. The minimum Gasteiger partial charge on any atom is -0.320 e. The molecule has 0 saturated carbocycles. The van der Waals surface area contributed by atoms with Crippen LogP contribution in [-0.4, -0.2) is 10.9 Å². The predicted octanol–water partition coefficient (Wildman–Crippen LogP) is 5.20. The van der Waals surface area contributed by atoms with Gasteiger partial charge in [0.2, 0.25) is 0 Å². The maximum Gasteiger partial charge on any atom is 0.274 e. The van der Waals surface area contributed by atoms with Crippen molar-refractivity contribution in [2.45, 2.75) is 53.4 Å². The third-order valence-corrected chi connectivity index (χ3v) is 3.94. The molecule has 1 N–H and O–H groups in total. The van der Waals surface area contributed by atoms with E-state index in [4.69, 9.17) is 0 Å². The van der Waals surface area contributed by atoms with Gasteiger partial charge in [0.25, 0.3) is 5.91 Å². The van der Waals surface area contributed by atoms with Crippen molar-refractivity contribution in [1.82, 2.24) is 4.98 Å². The standard InChI is InChI=1S/C20H26N2O/c1-12(2)16-8-7-9-17(13(3)4)19(16)22-20(23)18-11-14(5)10-15(6)21-18/h7-13H,1-6H3,(H,22,23). The first kappa shape index (κ1) is 17.2. The average molecular weight is 310 g/mol. The fraction of sp³-hybridized carbons (Fsp3) is 0.400.